The second-order valence-electron chi connectivity index (χ2n) is 3.69. The van der Waals surface area contributed by atoms with Crippen molar-refractivity contribution >= 4 is 11.3 Å². The Balaban J connectivity index is 2.29. The van der Waals surface area contributed by atoms with Gasteiger partial charge in [0.25, 0.3) is 0 Å². The van der Waals surface area contributed by atoms with Crippen LogP contribution in [0.25, 0.3) is 11.3 Å². The zero-order valence-electron chi connectivity index (χ0n) is 9.86. The molecule has 0 fully saturated rings. The van der Waals surface area contributed by atoms with Crippen LogP contribution in [0.2, 0.25) is 0 Å². The number of methoxy groups -OCH3 is 1. The fraction of sp³-hybridized carbons (Fsp3) is 0.250. The predicted molar refractivity (Wildman–Crippen MR) is 69.9 cm³/mol. The summed E-state index contributed by atoms with van der Waals surface area (Å²) in [5.74, 6) is 6.17. The highest BCUT2D eigenvalue weighted by Gasteiger charge is 2.06. The summed E-state index contributed by atoms with van der Waals surface area (Å²) in [4.78, 5) is 4.50. The topological polar surface area (TPSA) is 60.2 Å². The van der Waals surface area contributed by atoms with Crippen LogP contribution >= 0.6 is 11.3 Å². The smallest absolute Gasteiger partial charge is 0.121 e. The molecule has 0 aliphatic heterocycles. The van der Waals surface area contributed by atoms with Crippen molar-refractivity contribution in [2.45, 2.75) is 13.5 Å². The van der Waals surface area contributed by atoms with Gasteiger partial charge in [0.2, 0.25) is 0 Å². The highest BCUT2D eigenvalue weighted by molar-refractivity contribution is 7.09. The number of nitrogens with one attached hydrogen (secondary N) is 1. The molecule has 1 aromatic carbocycles. The molecule has 0 unspecified atom stereocenters. The van der Waals surface area contributed by atoms with Crippen LogP contribution < -0.4 is 16.0 Å². The molecule has 0 spiro atoms. The summed E-state index contributed by atoms with van der Waals surface area (Å²) in [6.07, 6.45) is 0. The van der Waals surface area contributed by atoms with E-state index in [1.54, 1.807) is 18.4 Å². The zero-order valence-corrected chi connectivity index (χ0v) is 10.7. The van der Waals surface area contributed by atoms with E-state index in [4.69, 9.17) is 10.6 Å². The minimum absolute atomic E-state index is 0.597. The van der Waals surface area contributed by atoms with Gasteiger partial charge in [-0.3, -0.25) is 11.3 Å². The second kappa shape index (κ2) is 5.27. The molecule has 0 atom stereocenters. The summed E-state index contributed by atoms with van der Waals surface area (Å²) < 4.78 is 5.24. The summed E-state index contributed by atoms with van der Waals surface area (Å²) >= 11 is 1.60. The van der Waals surface area contributed by atoms with Gasteiger partial charge >= 0.3 is 0 Å². The minimum Gasteiger partial charge on any atom is -0.496 e. The first-order valence-corrected chi connectivity index (χ1v) is 6.15. The molecule has 1 aromatic heterocycles. The fourth-order valence-corrected chi connectivity index (χ4v) is 2.40. The third-order valence-electron chi connectivity index (χ3n) is 2.50. The third-order valence-corrected chi connectivity index (χ3v) is 3.34. The first-order valence-electron chi connectivity index (χ1n) is 5.27. The van der Waals surface area contributed by atoms with Crippen molar-refractivity contribution < 1.29 is 4.74 Å². The Labute approximate surface area is 104 Å². The Hall–Kier alpha value is -1.43. The lowest BCUT2D eigenvalue weighted by molar-refractivity contribution is 0.412. The standard InChI is InChI=1S/C12H15N3OS/c1-8-5-9(3-4-11(8)16-2)10-7-17-12(15-10)6-14-13/h3-5,7,14H,6,13H2,1-2H3. The van der Waals surface area contributed by atoms with Crippen molar-refractivity contribution in [3.63, 3.8) is 0 Å². The molecule has 3 N–H and O–H groups in total. The normalized spacial score (nSPS) is 10.5. The van der Waals surface area contributed by atoms with Crippen LogP contribution in [0.3, 0.4) is 0 Å². The molecular formula is C12H15N3OS. The molecule has 90 valence electrons. The maximum Gasteiger partial charge on any atom is 0.121 e. The maximum absolute atomic E-state index is 5.27. The first kappa shape index (κ1) is 12.0. The van der Waals surface area contributed by atoms with E-state index >= 15 is 0 Å². The van der Waals surface area contributed by atoms with Crippen molar-refractivity contribution in [2.75, 3.05) is 7.11 Å². The lowest BCUT2D eigenvalue weighted by Gasteiger charge is -2.05. The molecule has 2 rings (SSSR count). The average molecular weight is 249 g/mol. The number of hydrogen-bond donors (Lipinski definition) is 2. The van der Waals surface area contributed by atoms with E-state index in [2.05, 4.69) is 16.5 Å². The summed E-state index contributed by atoms with van der Waals surface area (Å²) in [6.45, 7) is 2.62. The van der Waals surface area contributed by atoms with Gasteiger partial charge in [-0.2, -0.15) is 0 Å². The molecule has 2 aromatic rings. The molecule has 17 heavy (non-hydrogen) atoms. The van der Waals surface area contributed by atoms with E-state index in [1.165, 1.54) is 0 Å². The van der Waals surface area contributed by atoms with Gasteiger partial charge in [-0.1, -0.05) is 0 Å². The zero-order chi connectivity index (χ0) is 12.3. The van der Waals surface area contributed by atoms with Gasteiger partial charge in [0.1, 0.15) is 10.8 Å². The molecule has 4 nitrogen and oxygen atoms in total. The number of rotatable bonds is 4. The highest BCUT2D eigenvalue weighted by atomic mass is 32.1. The average Bonchev–Trinajstić information content (AvgIpc) is 2.78. The number of ether oxygens (including phenoxy) is 1. The maximum atomic E-state index is 5.27. The number of thiazole rings is 1. The number of nitrogens with zero attached hydrogens (tertiary/aromatic N) is 1. The number of hydrogen-bond acceptors (Lipinski definition) is 5. The number of nitrogens with two attached hydrogens (primary N) is 1. The van der Waals surface area contributed by atoms with Crippen LogP contribution in [0.5, 0.6) is 5.75 Å². The minimum atomic E-state index is 0.597. The van der Waals surface area contributed by atoms with Gasteiger partial charge in [-0.15, -0.1) is 11.3 Å². The fourth-order valence-electron chi connectivity index (χ4n) is 1.65. The monoisotopic (exact) mass is 249 g/mol. The van der Waals surface area contributed by atoms with Gasteiger partial charge in [0, 0.05) is 10.9 Å². The van der Waals surface area contributed by atoms with Gasteiger partial charge in [-0.25, -0.2) is 4.98 Å². The summed E-state index contributed by atoms with van der Waals surface area (Å²) in [5, 5.41) is 3.02. The molecule has 0 radical (unpaired) electrons. The number of aromatic nitrogens is 1. The Kier molecular flexibility index (Phi) is 3.73. The molecule has 0 aliphatic rings. The van der Waals surface area contributed by atoms with E-state index in [-0.39, 0.29) is 0 Å². The lowest BCUT2D eigenvalue weighted by Crippen LogP contribution is -2.20. The van der Waals surface area contributed by atoms with E-state index in [0.717, 1.165) is 27.6 Å². The summed E-state index contributed by atoms with van der Waals surface area (Å²) in [5.41, 5.74) is 5.79. The molecule has 0 saturated carbocycles. The van der Waals surface area contributed by atoms with Gasteiger partial charge < -0.3 is 4.74 Å². The van der Waals surface area contributed by atoms with Crippen molar-refractivity contribution in [2.24, 2.45) is 5.84 Å². The summed E-state index contributed by atoms with van der Waals surface area (Å²) in [7, 11) is 1.68. The Bertz CT molecular complexity index is 510. The van der Waals surface area contributed by atoms with Crippen LogP contribution in [0.1, 0.15) is 10.6 Å². The molecule has 5 heteroatoms. The Morgan fingerprint density at radius 2 is 2.29 bits per heavy atom. The highest BCUT2D eigenvalue weighted by Crippen LogP contribution is 2.26. The number of benzene rings is 1. The van der Waals surface area contributed by atoms with Crippen LogP contribution in [0, 0.1) is 6.92 Å². The second-order valence-corrected chi connectivity index (χ2v) is 4.63. The molecule has 0 saturated heterocycles. The van der Waals surface area contributed by atoms with E-state index in [9.17, 15) is 0 Å². The van der Waals surface area contributed by atoms with Gasteiger partial charge in [-0.05, 0) is 30.7 Å². The SMILES string of the molecule is COc1ccc(-c2csc(CNN)n2)cc1C. The Morgan fingerprint density at radius 3 is 2.94 bits per heavy atom. The Morgan fingerprint density at radius 1 is 1.47 bits per heavy atom. The van der Waals surface area contributed by atoms with Crippen LogP contribution in [-0.2, 0) is 6.54 Å². The summed E-state index contributed by atoms with van der Waals surface area (Å²) in [6, 6.07) is 6.05. The van der Waals surface area contributed by atoms with Gasteiger partial charge in [0.05, 0.1) is 19.3 Å². The van der Waals surface area contributed by atoms with Crippen LogP contribution in [0.4, 0.5) is 0 Å². The number of hydrazine groups is 1. The van der Waals surface area contributed by atoms with Crippen molar-refractivity contribution in [1.29, 1.82) is 0 Å². The van der Waals surface area contributed by atoms with E-state index in [1.807, 2.05) is 24.4 Å². The van der Waals surface area contributed by atoms with E-state index < -0.39 is 0 Å². The van der Waals surface area contributed by atoms with Crippen molar-refractivity contribution in [3.05, 3.63) is 34.2 Å². The largest absolute Gasteiger partial charge is 0.496 e. The van der Waals surface area contributed by atoms with Crippen LogP contribution in [-0.4, -0.2) is 12.1 Å². The molecular weight excluding hydrogens is 234 g/mol. The predicted octanol–water partition coefficient (Wildman–Crippen LogP) is 2.09. The van der Waals surface area contributed by atoms with Crippen molar-refractivity contribution in [1.82, 2.24) is 10.4 Å². The molecule has 0 bridgehead atoms. The van der Waals surface area contributed by atoms with E-state index in [0.29, 0.717) is 6.54 Å². The third kappa shape index (κ3) is 2.63. The molecule has 1 heterocycles. The first-order chi connectivity index (χ1) is 8.24. The van der Waals surface area contributed by atoms with Crippen molar-refractivity contribution in [3.8, 4) is 17.0 Å². The molecule has 0 amide bonds. The van der Waals surface area contributed by atoms with Gasteiger partial charge in [0.15, 0.2) is 0 Å². The lowest BCUT2D eigenvalue weighted by atomic mass is 10.1. The quantitative estimate of drug-likeness (QED) is 0.643. The van der Waals surface area contributed by atoms with Crippen LogP contribution in [0.15, 0.2) is 23.6 Å². The number of aryl methyl sites for hydroxylation is 1. The molecule has 0 aliphatic carbocycles.